The van der Waals surface area contributed by atoms with E-state index in [1.54, 1.807) is 0 Å². The lowest BCUT2D eigenvalue weighted by Gasteiger charge is -2.36. The zero-order valence-corrected chi connectivity index (χ0v) is 13.3. The Balaban J connectivity index is 1.90. The van der Waals surface area contributed by atoms with Gasteiger partial charge in [-0.2, -0.15) is 0 Å². The van der Waals surface area contributed by atoms with Gasteiger partial charge in [0.25, 0.3) is 0 Å². The topological polar surface area (TPSA) is 29.3 Å². The lowest BCUT2D eigenvalue weighted by atomic mass is 9.95. The van der Waals surface area contributed by atoms with Gasteiger partial charge < -0.3 is 5.73 Å². The van der Waals surface area contributed by atoms with E-state index in [9.17, 15) is 0 Å². The van der Waals surface area contributed by atoms with Crippen molar-refractivity contribution in [1.82, 2.24) is 4.90 Å². The molecule has 0 saturated carbocycles. The van der Waals surface area contributed by atoms with Crippen LogP contribution in [-0.4, -0.2) is 23.5 Å². The van der Waals surface area contributed by atoms with Crippen LogP contribution in [0.4, 0.5) is 0 Å². The second-order valence-electron chi connectivity index (χ2n) is 5.99. The van der Waals surface area contributed by atoms with Crippen molar-refractivity contribution in [2.24, 2.45) is 5.73 Å². The Hall–Kier alpha value is -0.570. The van der Waals surface area contributed by atoms with Crippen LogP contribution in [0.15, 0.2) is 24.3 Å². The maximum atomic E-state index is 6.07. The van der Waals surface area contributed by atoms with Crippen molar-refractivity contribution in [3.8, 4) is 0 Å². The van der Waals surface area contributed by atoms with Crippen molar-refractivity contribution >= 4 is 11.6 Å². The van der Waals surface area contributed by atoms with Crippen LogP contribution in [0.25, 0.3) is 0 Å². The molecular formula is C17H27ClN2. The van der Waals surface area contributed by atoms with Gasteiger partial charge >= 0.3 is 0 Å². The van der Waals surface area contributed by atoms with Crippen LogP contribution in [-0.2, 0) is 6.54 Å². The number of nitrogens with zero attached hydrogens (tertiary/aromatic N) is 1. The number of nitrogens with two attached hydrogens (primary N) is 1. The first-order valence-electron chi connectivity index (χ1n) is 7.93. The van der Waals surface area contributed by atoms with E-state index in [1.807, 2.05) is 12.1 Å². The molecule has 1 fully saturated rings. The Morgan fingerprint density at radius 2 is 2.05 bits per heavy atom. The highest BCUT2D eigenvalue weighted by atomic mass is 35.5. The molecule has 0 spiro atoms. The van der Waals surface area contributed by atoms with Crippen molar-refractivity contribution in [2.45, 2.75) is 64.1 Å². The van der Waals surface area contributed by atoms with Crippen LogP contribution < -0.4 is 5.73 Å². The molecule has 2 nitrogen and oxygen atoms in total. The molecule has 0 aliphatic carbocycles. The SMILES string of the molecule is CCC(N)CCC1CCCCN1Cc1ccc(Cl)cc1. The third kappa shape index (κ3) is 4.76. The summed E-state index contributed by atoms with van der Waals surface area (Å²) in [5.41, 5.74) is 7.43. The van der Waals surface area contributed by atoms with Crippen LogP contribution in [0, 0.1) is 0 Å². The fraction of sp³-hybridized carbons (Fsp3) is 0.647. The van der Waals surface area contributed by atoms with Crippen molar-refractivity contribution in [3.63, 3.8) is 0 Å². The fourth-order valence-corrected chi connectivity index (χ4v) is 3.16. The normalized spacial score (nSPS) is 21.9. The molecule has 1 aromatic rings. The second-order valence-corrected chi connectivity index (χ2v) is 6.43. The van der Waals surface area contributed by atoms with E-state index in [-0.39, 0.29) is 0 Å². The standard InChI is InChI=1S/C17H27ClN2/c1-2-16(19)10-11-17-5-3-4-12-20(17)13-14-6-8-15(18)9-7-14/h6-9,16-17H,2-5,10-13,19H2,1H3. The number of benzene rings is 1. The highest BCUT2D eigenvalue weighted by Crippen LogP contribution is 2.24. The molecule has 1 heterocycles. The van der Waals surface area contributed by atoms with E-state index >= 15 is 0 Å². The monoisotopic (exact) mass is 294 g/mol. The molecule has 112 valence electrons. The van der Waals surface area contributed by atoms with Gasteiger partial charge in [-0.1, -0.05) is 37.1 Å². The molecule has 0 amide bonds. The lowest BCUT2D eigenvalue weighted by Crippen LogP contribution is -2.39. The number of hydrogen-bond donors (Lipinski definition) is 1. The predicted molar refractivity (Wildman–Crippen MR) is 87.0 cm³/mol. The number of piperidine rings is 1. The van der Waals surface area contributed by atoms with Crippen LogP contribution in [0.2, 0.25) is 5.02 Å². The average Bonchev–Trinajstić information content (AvgIpc) is 2.48. The zero-order chi connectivity index (χ0) is 14.4. The number of rotatable bonds is 6. The van der Waals surface area contributed by atoms with Gasteiger partial charge in [-0.15, -0.1) is 0 Å². The smallest absolute Gasteiger partial charge is 0.0406 e. The van der Waals surface area contributed by atoms with Gasteiger partial charge in [0.15, 0.2) is 0 Å². The summed E-state index contributed by atoms with van der Waals surface area (Å²) in [6.07, 6.45) is 7.49. The molecule has 1 aliphatic rings. The highest BCUT2D eigenvalue weighted by Gasteiger charge is 2.22. The summed E-state index contributed by atoms with van der Waals surface area (Å²) in [5, 5.41) is 0.817. The quantitative estimate of drug-likeness (QED) is 0.851. The summed E-state index contributed by atoms with van der Waals surface area (Å²) in [5.74, 6) is 0. The molecular weight excluding hydrogens is 268 g/mol. The maximum Gasteiger partial charge on any atom is 0.0406 e. The van der Waals surface area contributed by atoms with E-state index < -0.39 is 0 Å². The molecule has 1 aliphatic heterocycles. The Bertz CT molecular complexity index is 390. The minimum Gasteiger partial charge on any atom is -0.328 e. The summed E-state index contributed by atoms with van der Waals surface area (Å²) in [6.45, 7) is 4.44. The first kappa shape index (κ1) is 15.8. The largest absolute Gasteiger partial charge is 0.328 e. The van der Waals surface area contributed by atoms with E-state index in [0.717, 1.165) is 24.4 Å². The van der Waals surface area contributed by atoms with Gasteiger partial charge in [0, 0.05) is 23.7 Å². The summed E-state index contributed by atoms with van der Waals surface area (Å²) in [4.78, 5) is 2.63. The average molecular weight is 295 g/mol. The van der Waals surface area contributed by atoms with E-state index in [2.05, 4.69) is 24.0 Å². The molecule has 1 saturated heterocycles. The lowest BCUT2D eigenvalue weighted by molar-refractivity contribution is 0.128. The van der Waals surface area contributed by atoms with Gasteiger partial charge in [0.2, 0.25) is 0 Å². The van der Waals surface area contributed by atoms with E-state index in [0.29, 0.717) is 12.1 Å². The van der Waals surface area contributed by atoms with Crippen molar-refractivity contribution in [3.05, 3.63) is 34.9 Å². The Morgan fingerprint density at radius 3 is 2.75 bits per heavy atom. The third-order valence-electron chi connectivity index (χ3n) is 4.44. The molecule has 0 bridgehead atoms. The van der Waals surface area contributed by atoms with Crippen molar-refractivity contribution in [2.75, 3.05) is 6.54 Å². The van der Waals surface area contributed by atoms with Crippen molar-refractivity contribution < 1.29 is 0 Å². The molecule has 0 aromatic heterocycles. The zero-order valence-electron chi connectivity index (χ0n) is 12.5. The molecule has 2 rings (SSSR count). The molecule has 20 heavy (non-hydrogen) atoms. The molecule has 0 radical (unpaired) electrons. The predicted octanol–water partition coefficient (Wildman–Crippen LogP) is 4.21. The van der Waals surface area contributed by atoms with E-state index in [4.69, 9.17) is 17.3 Å². The first-order chi connectivity index (χ1) is 9.69. The van der Waals surface area contributed by atoms with Crippen LogP contribution in [0.3, 0.4) is 0 Å². The molecule has 2 unspecified atom stereocenters. The maximum absolute atomic E-state index is 6.07. The summed E-state index contributed by atoms with van der Waals surface area (Å²) in [7, 11) is 0. The first-order valence-corrected chi connectivity index (χ1v) is 8.31. The van der Waals surface area contributed by atoms with Gasteiger partial charge in [-0.25, -0.2) is 0 Å². The summed E-state index contributed by atoms with van der Waals surface area (Å²) >= 11 is 5.96. The van der Waals surface area contributed by atoms with Crippen LogP contribution in [0.5, 0.6) is 0 Å². The highest BCUT2D eigenvalue weighted by molar-refractivity contribution is 6.30. The fourth-order valence-electron chi connectivity index (χ4n) is 3.03. The Morgan fingerprint density at radius 1 is 1.30 bits per heavy atom. The number of hydrogen-bond acceptors (Lipinski definition) is 2. The van der Waals surface area contributed by atoms with Gasteiger partial charge in [0.05, 0.1) is 0 Å². The third-order valence-corrected chi connectivity index (χ3v) is 4.70. The Labute approximate surface area is 128 Å². The van der Waals surface area contributed by atoms with Crippen molar-refractivity contribution in [1.29, 1.82) is 0 Å². The van der Waals surface area contributed by atoms with Crippen LogP contribution >= 0.6 is 11.6 Å². The minimum atomic E-state index is 0.370. The molecule has 1 aromatic carbocycles. The van der Waals surface area contributed by atoms with Gasteiger partial charge in [-0.05, 0) is 56.3 Å². The summed E-state index contributed by atoms with van der Waals surface area (Å²) in [6, 6.07) is 9.34. The van der Waals surface area contributed by atoms with Gasteiger partial charge in [-0.3, -0.25) is 4.90 Å². The molecule has 3 heteroatoms. The molecule has 2 N–H and O–H groups in total. The van der Waals surface area contributed by atoms with E-state index in [1.165, 1.54) is 37.8 Å². The second kappa shape index (κ2) is 8.02. The number of likely N-dealkylation sites (tertiary alicyclic amines) is 1. The summed E-state index contributed by atoms with van der Waals surface area (Å²) < 4.78 is 0. The van der Waals surface area contributed by atoms with Gasteiger partial charge in [0.1, 0.15) is 0 Å². The Kier molecular flexibility index (Phi) is 6.34. The molecule has 2 atom stereocenters. The minimum absolute atomic E-state index is 0.370. The van der Waals surface area contributed by atoms with Crippen LogP contribution in [0.1, 0.15) is 51.0 Å². The number of halogens is 1.